The maximum Gasteiger partial charge on any atom is 0.410 e. The number of rotatable bonds is 4. The molecule has 2 aliphatic rings. The van der Waals surface area contributed by atoms with Crippen LogP contribution in [-0.2, 0) is 4.74 Å². The van der Waals surface area contributed by atoms with Crippen LogP contribution in [0.5, 0.6) is 0 Å². The maximum atomic E-state index is 12.6. The molecule has 8 heteroatoms. The predicted molar refractivity (Wildman–Crippen MR) is 134 cm³/mol. The van der Waals surface area contributed by atoms with Crippen LogP contribution in [-0.4, -0.2) is 54.2 Å². The van der Waals surface area contributed by atoms with Gasteiger partial charge in [0.1, 0.15) is 5.60 Å². The SMILES string of the molecule is Cc1ccc(-n2nc(C3CN(C(=O)OC(C)(C)C)C3)c3c(-c4cnn(C5CC5)c4)ccnc32)cc1. The molecular weight excluding hydrogens is 440 g/mol. The molecule has 8 nitrogen and oxygen atoms in total. The summed E-state index contributed by atoms with van der Waals surface area (Å²) in [6, 6.07) is 10.9. The van der Waals surface area contributed by atoms with Gasteiger partial charge in [-0.15, -0.1) is 0 Å². The second-order valence-corrected chi connectivity index (χ2v) is 10.7. The lowest BCUT2D eigenvalue weighted by Gasteiger charge is -2.39. The number of amides is 1. The Balaban J connectivity index is 1.41. The van der Waals surface area contributed by atoms with E-state index in [9.17, 15) is 4.79 Å². The van der Waals surface area contributed by atoms with Crippen LogP contribution < -0.4 is 0 Å². The van der Waals surface area contributed by atoms with Crippen LogP contribution in [0.1, 0.15) is 56.8 Å². The average molecular weight is 471 g/mol. The van der Waals surface area contributed by atoms with Crippen molar-refractivity contribution in [1.82, 2.24) is 29.4 Å². The van der Waals surface area contributed by atoms with Gasteiger partial charge in [-0.3, -0.25) is 4.68 Å². The molecule has 1 saturated carbocycles. The van der Waals surface area contributed by atoms with Gasteiger partial charge in [-0.25, -0.2) is 14.5 Å². The molecule has 1 aliphatic carbocycles. The zero-order valence-electron chi connectivity index (χ0n) is 20.6. The summed E-state index contributed by atoms with van der Waals surface area (Å²) in [4.78, 5) is 19.1. The van der Waals surface area contributed by atoms with Gasteiger partial charge in [0.25, 0.3) is 0 Å². The molecule has 0 atom stereocenters. The lowest BCUT2D eigenvalue weighted by atomic mass is 9.92. The Morgan fingerprint density at radius 3 is 2.51 bits per heavy atom. The smallest absolute Gasteiger partial charge is 0.410 e. The van der Waals surface area contributed by atoms with Crippen LogP contribution in [0.4, 0.5) is 4.79 Å². The summed E-state index contributed by atoms with van der Waals surface area (Å²) in [6.45, 7) is 8.88. The van der Waals surface area contributed by atoms with Gasteiger partial charge in [0, 0.05) is 37.0 Å². The Morgan fingerprint density at radius 2 is 1.83 bits per heavy atom. The third kappa shape index (κ3) is 4.07. The second kappa shape index (κ2) is 7.93. The highest BCUT2D eigenvalue weighted by Crippen LogP contribution is 2.40. The second-order valence-electron chi connectivity index (χ2n) is 10.7. The summed E-state index contributed by atoms with van der Waals surface area (Å²) in [5.41, 5.74) is 5.56. The molecule has 35 heavy (non-hydrogen) atoms. The van der Waals surface area contributed by atoms with E-state index in [1.807, 2.05) is 43.9 Å². The molecule has 0 N–H and O–H groups in total. The van der Waals surface area contributed by atoms with Crippen LogP contribution in [0, 0.1) is 6.92 Å². The summed E-state index contributed by atoms with van der Waals surface area (Å²) in [7, 11) is 0. The van der Waals surface area contributed by atoms with Crippen LogP contribution in [0.2, 0.25) is 0 Å². The fourth-order valence-electron chi connectivity index (χ4n) is 4.60. The number of likely N-dealkylation sites (tertiary alicyclic amines) is 1. The molecule has 1 aromatic carbocycles. The standard InChI is InChI=1S/C27H30N6O2/c1-17-5-7-21(8-6-17)33-25-23(22(11-12-28-25)18-13-29-32(16-18)20-9-10-20)24(30-33)19-14-31(15-19)26(34)35-27(2,3)4/h5-8,11-13,16,19-20H,9-10,14-15H2,1-4H3. The Kier molecular flexibility index (Phi) is 4.95. The monoisotopic (exact) mass is 470 g/mol. The van der Waals surface area contributed by atoms with E-state index in [1.54, 1.807) is 4.90 Å². The number of aromatic nitrogens is 5. The Hall–Kier alpha value is -3.68. The molecule has 0 bridgehead atoms. The molecule has 1 saturated heterocycles. The first-order valence-electron chi connectivity index (χ1n) is 12.2. The molecule has 6 rings (SSSR count). The Morgan fingerprint density at radius 1 is 1.09 bits per heavy atom. The summed E-state index contributed by atoms with van der Waals surface area (Å²) in [5.74, 6) is 0.109. The first kappa shape index (κ1) is 21.8. The minimum Gasteiger partial charge on any atom is -0.444 e. The van der Waals surface area contributed by atoms with E-state index in [1.165, 1.54) is 18.4 Å². The number of carbonyl (C=O) groups is 1. The minimum atomic E-state index is -0.513. The highest BCUT2D eigenvalue weighted by Gasteiger charge is 2.38. The van der Waals surface area contributed by atoms with Gasteiger partial charge in [0.15, 0.2) is 5.65 Å². The number of fused-ring (bicyclic) bond motifs is 1. The molecule has 180 valence electrons. The van der Waals surface area contributed by atoms with Gasteiger partial charge in [-0.05, 0) is 64.3 Å². The van der Waals surface area contributed by atoms with Crippen molar-refractivity contribution in [1.29, 1.82) is 0 Å². The molecule has 0 radical (unpaired) electrons. The molecule has 3 aromatic heterocycles. The number of benzene rings is 1. The van der Waals surface area contributed by atoms with E-state index in [2.05, 4.69) is 47.2 Å². The van der Waals surface area contributed by atoms with Gasteiger partial charge in [0.2, 0.25) is 0 Å². The van der Waals surface area contributed by atoms with Crippen molar-refractivity contribution in [2.24, 2.45) is 0 Å². The summed E-state index contributed by atoms with van der Waals surface area (Å²) in [6.07, 6.45) is 8.01. The quantitative estimate of drug-likeness (QED) is 0.406. The first-order chi connectivity index (χ1) is 16.8. The van der Waals surface area contributed by atoms with E-state index in [4.69, 9.17) is 14.8 Å². The molecular formula is C27H30N6O2. The molecule has 4 heterocycles. The number of ether oxygens (including phenoxy) is 1. The van der Waals surface area contributed by atoms with Gasteiger partial charge in [-0.2, -0.15) is 10.2 Å². The third-order valence-corrected chi connectivity index (χ3v) is 6.63. The molecule has 1 amide bonds. The normalized spacial score (nSPS) is 16.5. The minimum absolute atomic E-state index is 0.109. The van der Waals surface area contributed by atoms with E-state index >= 15 is 0 Å². The van der Waals surface area contributed by atoms with Crippen LogP contribution in [0.25, 0.3) is 27.8 Å². The van der Waals surface area contributed by atoms with Crippen LogP contribution in [0.15, 0.2) is 48.9 Å². The van der Waals surface area contributed by atoms with Crippen molar-refractivity contribution < 1.29 is 9.53 Å². The van der Waals surface area contributed by atoms with Gasteiger partial charge < -0.3 is 9.64 Å². The van der Waals surface area contributed by atoms with Crippen molar-refractivity contribution in [2.45, 2.75) is 58.1 Å². The topological polar surface area (TPSA) is 78.1 Å². The largest absolute Gasteiger partial charge is 0.444 e. The van der Waals surface area contributed by atoms with Crippen molar-refractivity contribution in [3.63, 3.8) is 0 Å². The van der Waals surface area contributed by atoms with Gasteiger partial charge in [0.05, 0.1) is 29.0 Å². The number of pyridine rings is 1. The number of nitrogens with zero attached hydrogens (tertiary/aromatic N) is 6. The molecule has 1 aliphatic heterocycles. The van der Waals surface area contributed by atoms with Crippen LogP contribution in [0.3, 0.4) is 0 Å². The van der Waals surface area contributed by atoms with Gasteiger partial charge >= 0.3 is 6.09 Å². The maximum absolute atomic E-state index is 12.6. The third-order valence-electron chi connectivity index (χ3n) is 6.63. The molecule has 2 fully saturated rings. The molecule has 4 aromatic rings. The number of hydrogen-bond acceptors (Lipinski definition) is 5. The van der Waals surface area contributed by atoms with E-state index in [0.717, 1.165) is 33.5 Å². The summed E-state index contributed by atoms with van der Waals surface area (Å²) in [5, 5.41) is 10.7. The van der Waals surface area contributed by atoms with E-state index in [0.29, 0.717) is 19.1 Å². The van der Waals surface area contributed by atoms with E-state index < -0.39 is 5.60 Å². The Bertz CT molecular complexity index is 1400. The molecule has 0 spiro atoms. The Labute approximate surface area is 204 Å². The predicted octanol–water partition coefficient (Wildman–Crippen LogP) is 5.26. The molecule has 0 unspecified atom stereocenters. The first-order valence-corrected chi connectivity index (χ1v) is 12.2. The number of aryl methyl sites for hydroxylation is 1. The van der Waals surface area contributed by atoms with Gasteiger partial charge in [-0.1, -0.05) is 17.7 Å². The van der Waals surface area contributed by atoms with Crippen molar-refractivity contribution in [3.8, 4) is 16.8 Å². The van der Waals surface area contributed by atoms with Crippen LogP contribution >= 0.6 is 0 Å². The van der Waals surface area contributed by atoms with E-state index in [-0.39, 0.29) is 12.0 Å². The fourth-order valence-corrected chi connectivity index (χ4v) is 4.60. The summed E-state index contributed by atoms with van der Waals surface area (Å²) >= 11 is 0. The van der Waals surface area contributed by atoms with Crippen molar-refractivity contribution in [2.75, 3.05) is 13.1 Å². The fraction of sp³-hybridized carbons (Fsp3) is 0.407. The average Bonchev–Trinajstić information content (AvgIpc) is 3.38. The number of carbonyl (C=O) groups excluding carboxylic acids is 1. The highest BCUT2D eigenvalue weighted by atomic mass is 16.6. The van der Waals surface area contributed by atoms with Crippen molar-refractivity contribution in [3.05, 3.63) is 60.2 Å². The number of hydrogen-bond donors (Lipinski definition) is 0. The zero-order chi connectivity index (χ0) is 24.3. The van der Waals surface area contributed by atoms with Crippen molar-refractivity contribution >= 4 is 17.1 Å². The lowest BCUT2D eigenvalue weighted by Crippen LogP contribution is -2.50. The zero-order valence-corrected chi connectivity index (χ0v) is 20.6. The lowest BCUT2D eigenvalue weighted by molar-refractivity contribution is 0.00795. The summed E-state index contributed by atoms with van der Waals surface area (Å²) < 4.78 is 9.56. The highest BCUT2D eigenvalue weighted by molar-refractivity contribution is 5.96.